The number of sulfonamides is 1. The number of nitrogens with two attached hydrogens (primary N) is 1. The Hall–Kier alpha value is -0.130. The van der Waals surface area contributed by atoms with Crippen molar-refractivity contribution < 1.29 is 8.42 Å². The molecule has 4 nitrogen and oxygen atoms in total. The Balaban J connectivity index is 2.47. The van der Waals surface area contributed by atoms with Crippen LogP contribution in [0.25, 0.3) is 0 Å². The van der Waals surface area contributed by atoms with E-state index in [0.717, 1.165) is 25.7 Å². The van der Waals surface area contributed by atoms with Crippen LogP contribution in [0.5, 0.6) is 0 Å². The van der Waals surface area contributed by atoms with E-state index in [9.17, 15) is 8.42 Å². The van der Waals surface area contributed by atoms with Gasteiger partial charge in [-0.05, 0) is 31.6 Å². The molecule has 0 spiro atoms. The molecule has 1 aliphatic rings. The Kier molecular flexibility index (Phi) is 4.34. The van der Waals surface area contributed by atoms with Crippen LogP contribution in [-0.4, -0.2) is 26.8 Å². The summed E-state index contributed by atoms with van der Waals surface area (Å²) in [5.41, 5.74) is 5.26. The lowest BCUT2D eigenvalue weighted by molar-refractivity contribution is 0.380. The summed E-state index contributed by atoms with van der Waals surface area (Å²) in [6.07, 6.45) is 3.63. The highest BCUT2D eigenvalue weighted by atomic mass is 32.2. The van der Waals surface area contributed by atoms with Crippen LogP contribution >= 0.6 is 0 Å². The summed E-state index contributed by atoms with van der Waals surface area (Å²) < 4.78 is 25.9. The predicted molar refractivity (Wildman–Crippen MR) is 57.4 cm³/mol. The maximum atomic E-state index is 11.7. The van der Waals surface area contributed by atoms with Gasteiger partial charge in [0, 0.05) is 13.1 Å². The van der Waals surface area contributed by atoms with Gasteiger partial charge in [0.15, 0.2) is 0 Å². The third-order valence-electron chi connectivity index (χ3n) is 2.85. The number of hydrogen-bond acceptors (Lipinski definition) is 3. The smallest absolute Gasteiger partial charge is 0.214 e. The molecule has 0 aromatic carbocycles. The summed E-state index contributed by atoms with van der Waals surface area (Å²) >= 11 is 0. The van der Waals surface area contributed by atoms with Gasteiger partial charge in [-0.3, -0.25) is 0 Å². The molecule has 1 rings (SSSR count). The third kappa shape index (κ3) is 3.22. The van der Waals surface area contributed by atoms with Crippen molar-refractivity contribution in [2.75, 3.05) is 13.1 Å². The van der Waals surface area contributed by atoms with Crippen molar-refractivity contribution in [3.8, 4) is 0 Å². The Bertz CT molecular complexity index is 256. The molecule has 1 aliphatic carbocycles. The third-order valence-corrected chi connectivity index (χ3v) is 4.80. The van der Waals surface area contributed by atoms with E-state index >= 15 is 0 Å². The molecular formula is C9H20N2O2S. The Labute approximate surface area is 86.3 Å². The van der Waals surface area contributed by atoms with Crippen LogP contribution < -0.4 is 10.5 Å². The van der Waals surface area contributed by atoms with Crippen molar-refractivity contribution in [3.63, 3.8) is 0 Å². The van der Waals surface area contributed by atoms with Crippen LogP contribution in [0, 0.1) is 5.92 Å². The summed E-state index contributed by atoms with van der Waals surface area (Å²) in [6, 6.07) is 0. The van der Waals surface area contributed by atoms with Gasteiger partial charge >= 0.3 is 0 Å². The second-order valence-electron chi connectivity index (χ2n) is 4.11. The molecule has 0 aromatic rings. The number of hydrogen-bond donors (Lipinski definition) is 2. The summed E-state index contributed by atoms with van der Waals surface area (Å²) in [6.45, 7) is 2.90. The van der Waals surface area contributed by atoms with Crippen LogP contribution in [0.4, 0.5) is 0 Å². The SMILES string of the molecule is CC1CCC(S(=O)(=O)NCCN)CC1. The Morgan fingerprint density at radius 3 is 2.36 bits per heavy atom. The molecule has 0 radical (unpaired) electrons. The van der Waals surface area contributed by atoms with Crippen molar-refractivity contribution in [1.29, 1.82) is 0 Å². The molecule has 0 unspecified atom stereocenters. The van der Waals surface area contributed by atoms with Crippen LogP contribution in [0.2, 0.25) is 0 Å². The highest BCUT2D eigenvalue weighted by molar-refractivity contribution is 7.90. The van der Waals surface area contributed by atoms with Crippen molar-refractivity contribution in [2.24, 2.45) is 11.7 Å². The second kappa shape index (κ2) is 5.09. The standard InChI is InChI=1S/C9H20N2O2S/c1-8-2-4-9(5-3-8)14(12,13)11-7-6-10/h8-9,11H,2-7,10H2,1H3. The van der Waals surface area contributed by atoms with Gasteiger partial charge in [0.2, 0.25) is 10.0 Å². The monoisotopic (exact) mass is 220 g/mol. The zero-order chi connectivity index (χ0) is 10.6. The van der Waals surface area contributed by atoms with E-state index in [1.54, 1.807) is 0 Å². The van der Waals surface area contributed by atoms with E-state index in [1.165, 1.54) is 0 Å². The molecule has 0 bridgehead atoms. The first-order valence-corrected chi connectivity index (χ1v) is 6.79. The lowest BCUT2D eigenvalue weighted by Gasteiger charge is -2.25. The number of rotatable bonds is 4. The largest absolute Gasteiger partial charge is 0.329 e. The molecule has 1 fully saturated rings. The maximum absolute atomic E-state index is 11.7. The molecule has 0 atom stereocenters. The van der Waals surface area contributed by atoms with Gasteiger partial charge < -0.3 is 5.73 Å². The van der Waals surface area contributed by atoms with Gasteiger partial charge in [-0.15, -0.1) is 0 Å². The fourth-order valence-electron chi connectivity index (χ4n) is 1.86. The normalized spacial score (nSPS) is 29.0. The van der Waals surface area contributed by atoms with Gasteiger partial charge in [0.1, 0.15) is 0 Å². The lowest BCUT2D eigenvalue weighted by Crippen LogP contribution is -2.38. The molecule has 14 heavy (non-hydrogen) atoms. The highest BCUT2D eigenvalue weighted by Gasteiger charge is 2.28. The van der Waals surface area contributed by atoms with Crippen molar-refractivity contribution in [3.05, 3.63) is 0 Å². The average molecular weight is 220 g/mol. The zero-order valence-electron chi connectivity index (χ0n) is 8.70. The van der Waals surface area contributed by atoms with Crippen molar-refractivity contribution in [1.82, 2.24) is 4.72 Å². The maximum Gasteiger partial charge on any atom is 0.214 e. The van der Waals surface area contributed by atoms with E-state index in [4.69, 9.17) is 5.73 Å². The summed E-state index contributed by atoms with van der Waals surface area (Å²) in [4.78, 5) is 0. The predicted octanol–water partition coefficient (Wildman–Crippen LogP) is 0.443. The Morgan fingerprint density at radius 1 is 1.29 bits per heavy atom. The van der Waals surface area contributed by atoms with Crippen LogP contribution in [0.3, 0.4) is 0 Å². The summed E-state index contributed by atoms with van der Waals surface area (Å²) in [7, 11) is -3.10. The summed E-state index contributed by atoms with van der Waals surface area (Å²) in [5, 5.41) is -0.190. The first-order chi connectivity index (χ1) is 6.56. The highest BCUT2D eigenvalue weighted by Crippen LogP contribution is 2.27. The van der Waals surface area contributed by atoms with Gasteiger partial charge in [-0.25, -0.2) is 13.1 Å². The zero-order valence-corrected chi connectivity index (χ0v) is 9.52. The van der Waals surface area contributed by atoms with Crippen LogP contribution in [0.1, 0.15) is 32.6 Å². The summed E-state index contributed by atoms with van der Waals surface area (Å²) in [5.74, 6) is 0.677. The van der Waals surface area contributed by atoms with Gasteiger partial charge in [-0.2, -0.15) is 0 Å². The topological polar surface area (TPSA) is 72.2 Å². The molecule has 3 N–H and O–H groups in total. The minimum atomic E-state index is -3.10. The van der Waals surface area contributed by atoms with E-state index in [2.05, 4.69) is 11.6 Å². The minimum Gasteiger partial charge on any atom is -0.329 e. The van der Waals surface area contributed by atoms with Crippen LogP contribution in [-0.2, 0) is 10.0 Å². The average Bonchev–Trinajstić information content (AvgIpc) is 2.16. The molecule has 0 aliphatic heterocycles. The van der Waals surface area contributed by atoms with E-state index < -0.39 is 10.0 Å². The molecule has 0 saturated heterocycles. The van der Waals surface area contributed by atoms with E-state index in [-0.39, 0.29) is 5.25 Å². The van der Waals surface area contributed by atoms with E-state index in [0.29, 0.717) is 19.0 Å². The van der Waals surface area contributed by atoms with Crippen molar-refractivity contribution in [2.45, 2.75) is 37.9 Å². The molecule has 84 valence electrons. The van der Waals surface area contributed by atoms with Crippen LogP contribution in [0.15, 0.2) is 0 Å². The molecule has 0 amide bonds. The quantitative estimate of drug-likeness (QED) is 0.722. The molecule has 5 heteroatoms. The molecule has 0 heterocycles. The van der Waals surface area contributed by atoms with Gasteiger partial charge in [0.25, 0.3) is 0 Å². The first kappa shape index (κ1) is 11.9. The number of nitrogens with one attached hydrogen (secondary N) is 1. The second-order valence-corrected chi connectivity index (χ2v) is 6.16. The van der Waals surface area contributed by atoms with Gasteiger partial charge in [0.05, 0.1) is 5.25 Å². The fourth-order valence-corrected chi connectivity index (χ4v) is 3.39. The minimum absolute atomic E-state index is 0.190. The fraction of sp³-hybridized carbons (Fsp3) is 1.00. The van der Waals surface area contributed by atoms with Crippen molar-refractivity contribution >= 4 is 10.0 Å². The molecule has 0 aromatic heterocycles. The Morgan fingerprint density at radius 2 is 1.86 bits per heavy atom. The lowest BCUT2D eigenvalue weighted by atomic mass is 9.91. The molecule has 1 saturated carbocycles. The van der Waals surface area contributed by atoms with E-state index in [1.807, 2.05) is 0 Å². The van der Waals surface area contributed by atoms with Gasteiger partial charge in [-0.1, -0.05) is 6.92 Å². The first-order valence-electron chi connectivity index (χ1n) is 5.25. The molecular weight excluding hydrogens is 200 g/mol.